The molecule has 2 amide bonds. The summed E-state index contributed by atoms with van der Waals surface area (Å²) in [4.78, 5) is 27.7. The number of carbonyl (C=O) groups excluding carboxylic acids is 2. The van der Waals surface area contributed by atoms with E-state index in [9.17, 15) is 9.59 Å². The lowest BCUT2D eigenvalue weighted by Crippen LogP contribution is -2.42. The van der Waals surface area contributed by atoms with Gasteiger partial charge in [-0.15, -0.1) is 11.8 Å². The summed E-state index contributed by atoms with van der Waals surface area (Å²) in [6.07, 6.45) is 2.46. The Hall–Kier alpha value is -1.53. The molecule has 1 aromatic rings. The molecule has 0 aliphatic carbocycles. The van der Waals surface area contributed by atoms with Crippen LogP contribution in [0.5, 0.6) is 0 Å². The van der Waals surface area contributed by atoms with Crippen molar-refractivity contribution in [2.75, 3.05) is 30.7 Å². The van der Waals surface area contributed by atoms with Crippen molar-refractivity contribution >= 4 is 29.3 Å². The van der Waals surface area contributed by atoms with Gasteiger partial charge >= 0.3 is 0 Å². The van der Waals surface area contributed by atoms with Crippen molar-refractivity contribution in [3.05, 3.63) is 23.8 Å². The normalized spacial score (nSPS) is 20.6. The molecule has 2 aliphatic rings. The Kier molecular flexibility index (Phi) is 5.23. The molecule has 124 valence electrons. The van der Waals surface area contributed by atoms with Gasteiger partial charge in [0, 0.05) is 41.8 Å². The molecule has 2 N–H and O–H groups in total. The third-order valence-corrected chi connectivity index (χ3v) is 5.36. The summed E-state index contributed by atoms with van der Waals surface area (Å²) >= 11 is 1.66. The highest BCUT2D eigenvalue weighted by Crippen LogP contribution is 2.32. The lowest BCUT2D eigenvalue weighted by Gasteiger charge is -2.28. The van der Waals surface area contributed by atoms with Crippen LogP contribution in [0.2, 0.25) is 0 Å². The van der Waals surface area contributed by atoms with Crippen LogP contribution in [0.3, 0.4) is 0 Å². The van der Waals surface area contributed by atoms with Gasteiger partial charge in [-0.25, -0.2) is 0 Å². The third kappa shape index (κ3) is 3.70. The first kappa shape index (κ1) is 16.3. The van der Waals surface area contributed by atoms with Crippen LogP contribution in [0.15, 0.2) is 23.1 Å². The number of nitrogens with zero attached hydrogens (tertiary/aromatic N) is 1. The minimum atomic E-state index is 0.0197. The third-order valence-electron chi connectivity index (χ3n) is 4.29. The van der Waals surface area contributed by atoms with E-state index in [1.807, 2.05) is 23.1 Å². The van der Waals surface area contributed by atoms with Gasteiger partial charge in [0.2, 0.25) is 5.91 Å². The molecule has 0 spiro atoms. The summed E-state index contributed by atoms with van der Waals surface area (Å²) in [5.74, 6) is 0.861. The molecule has 0 saturated carbocycles. The zero-order chi connectivity index (χ0) is 16.2. The minimum absolute atomic E-state index is 0.0197. The van der Waals surface area contributed by atoms with Gasteiger partial charge in [0.05, 0.1) is 5.69 Å². The van der Waals surface area contributed by atoms with Crippen molar-refractivity contribution in [1.82, 2.24) is 10.2 Å². The maximum absolute atomic E-state index is 13.0. The first-order valence-corrected chi connectivity index (χ1v) is 9.26. The highest BCUT2D eigenvalue weighted by atomic mass is 32.2. The Morgan fingerprint density at radius 1 is 1.43 bits per heavy atom. The maximum Gasteiger partial charge on any atom is 0.254 e. The zero-order valence-corrected chi connectivity index (χ0v) is 14.2. The molecule has 0 aromatic heterocycles. The average molecular weight is 333 g/mol. The van der Waals surface area contributed by atoms with Crippen LogP contribution in [-0.2, 0) is 4.79 Å². The van der Waals surface area contributed by atoms with Gasteiger partial charge in [-0.1, -0.05) is 6.92 Å². The van der Waals surface area contributed by atoms with Gasteiger partial charge < -0.3 is 15.5 Å². The van der Waals surface area contributed by atoms with Crippen LogP contribution < -0.4 is 10.6 Å². The Bertz CT molecular complexity index is 600. The topological polar surface area (TPSA) is 61.4 Å². The number of carbonyl (C=O) groups is 2. The number of hydrogen-bond donors (Lipinski definition) is 2. The standard InChI is InChI=1S/C17H23N3O2S/c1-2-8-20(13-5-7-18-11-13)17(22)12-3-4-15-14(10-12)19-16(21)6-9-23-15/h3-4,10,13,18H,2,5-9,11H2,1H3,(H,19,21). The molecule has 3 rings (SSSR count). The largest absolute Gasteiger partial charge is 0.334 e. The molecule has 23 heavy (non-hydrogen) atoms. The zero-order valence-electron chi connectivity index (χ0n) is 13.4. The van der Waals surface area contributed by atoms with Crippen molar-refractivity contribution in [3.8, 4) is 0 Å². The summed E-state index contributed by atoms with van der Waals surface area (Å²) in [5, 5.41) is 6.24. The number of benzene rings is 1. The second-order valence-corrected chi connectivity index (χ2v) is 7.14. The molecule has 1 unspecified atom stereocenters. The Morgan fingerprint density at radius 2 is 2.30 bits per heavy atom. The van der Waals surface area contributed by atoms with Crippen LogP contribution in [0.4, 0.5) is 5.69 Å². The van der Waals surface area contributed by atoms with E-state index in [-0.39, 0.29) is 17.9 Å². The predicted octanol–water partition coefficient (Wildman–Crippen LogP) is 2.33. The van der Waals surface area contributed by atoms with Crippen LogP contribution in [0.25, 0.3) is 0 Å². The molecule has 1 aromatic carbocycles. The number of thioether (sulfide) groups is 1. The maximum atomic E-state index is 13.0. The van der Waals surface area contributed by atoms with Crippen molar-refractivity contribution < 1.29 is 9.59 Å². The number of nitrogens with one attached hydrogen (secondary N) is 2. The van der Waals surface area contributed by atoms with Crippen molar-refractivity contribution in [2.24, 2.45) is 0 Å². The summed E-state index contributed by atoms with van der Waals surface area (Å²) < 4.78 is 0. The average Bonchev–Trinajstić information content (AvgIpc) is 3.00. The van der Waals surface area contributed by atoms with E-state index in [2.05, 4.69) is 17.6 Å². The van der Waals surface area contributed by atoms with Gasteiger partial charge in [0.25, 0.3) is 5.91 Å². The van der Waals surface area contributed by atoms with Crippen molar-refractivity contribution in [1.29, 1.82) is 0 Å². The summed E-state index contributed by atoms with van der Waals surface area (Å²) in [6.45, 7) is 4.69. The van der Waals surface area contributed by atoms with Crippen LogP contribution >= 0.6 is 11.8 Å². The van der Waals surface area contributed by atoms with E-state index in [1.54, 1.807) is 11.8 Å². The van der Waals surface area contributed by atoms with Crippen LogP contribution in [0.1, 0.15) is 36.5 Å². The predicted molar refractivity (Wildman–Crippen MR) is 93.0 cm³/mol. The van der Waals surface area contributed by atoms with Gasteiger partial charge in [-0.05, 0) is 37.6 Å². The summed E-state index contributed by atoms with van der Waals surface area (Å²) in [7, 11) is 0. The molecule has 2 heterocycles. The van der Waals surface area contributed by atoms with Crippen LogP contribution in [0, 0.1) is 0 Å². The van der Waals surface area contributed by atoms with Crippen LogP contribution in [-0.4, -0.2) is 48.1 Å². The van der Waals surface area contributed by atoms with Gasteiger partial charge in [-0.3, -0.25) is 9.59 Å². The number of rotatable bonds is 4. The Morgan fingerprint density at radius 3 is 3.04 bits per heavy atom. The number of amides is 2. The summed E-state index contributed by atoms with van der Waals surface area (Å²) in [6, 6.07) is 5.94. The molecule has 5 nitrogen and oxygen atoms in total. The summed E-state index contributed by atoms with van der Waals surface area (Å²) in [5.41, 5.74) is 1.43. The van der Waals surface area contributed by atoms with E-state index < -0.39 is 0 Å². The highest BCUT2D eigenvalue weighted by molar-refractivity contribution is 7.99. The van der Waals surface area contributed by atoms with Gasteiger partial charge in [-0.2, -0.15) is 0 Å². The molecule has 6 heteroatoms. The smallest absolute Gasteiger partial charge is 0.254 e. The number of hydrogen-bond acceptors (Lipinski definition) is 4. The Balaban J connectivity index is 1.84. The van der Waals surface area contributed by atoms with Gasteiger partial charge in [0.15, 0.2) is 0 Å². The molecule has 1 fully saturated rings. The molecular weight excluding hydrogens is 310 g/mol. The molecule has 1 atom stereocenters. The second kappa shape index (κ2) is 7.36. The minimum Gasteiger partial charge on any atom is -0.334 e. The molecular formula is C17H23N3O2S. The fourth-order valence-electron chi connectivity index (χ4n) is 3.12. The molecule has 0 bridgehead atoms. The Labute approximate surface area is 141 Å². The van der Waals surface area contributed by atoms with E-state index in [0.29, 0.717) is 12.0 Å². The van der Waals surface area contributed by atoms with E-state index in [4.69, 9.17) is 0 Å². The first-order chi connectivity index (χ1) is 11.2. The molecule has 2 aliphatic heterocycles. The van der Waals surface area contributed by atoms with Crippen molar-refractivity contribution in [3.63, 3.8) is 0 Å². The number of fused-ring (bicyclic) bond motifs is 1. The highest BCUT2D eigenvalue weighted by Gasteiger charge is 2.27. The van der Waals surface area contributed by atoms with E-state index in [0.717, 1.165) is 48.8 Å². The lowest BCUT2D eigenvalue weighted by atomic mass is 10.1. The monoisotopic (exact) mass is 333 g/mol. The second-order valence-electron chi connectivity index (χ2n) is 6.00. The van der Waals surface area contributed by atoms with Crippen molar-refractivity contribution in [2.45, 2.75) is 37.1 Å². The van der Waals surface area contributed by atoms with Gasteiger partial charge in [0.1, 0.15) is 0 Å². The molecule has 1 saturated heterocycles. The fourth-order valence-corrected chi connectivity index (χ4v) is 4.05. The van der Waals surface area contributed by atoms with E-state index >= 15 is 0 Å². The molecule has 0 radical (unpaired) electrons. The quantitative estimate of drug-likeness (QED) is 0.888. The first-order valence-electron chi connectivity index (χ1n) is 8.27. The lowest BCUT2D eigenvalue weighted by molar-refractivity contribution is -0.115. The fraction of sp³-hybridized carbons (Fsp3) is 0.529. The van der Waals surface area contributed by atoms with E-state index in [1.165, 1.54) is 0 Å². The SMILES string of the molecule is CCCN(C(=O)c1ccc2c(c1)NC(=O)CCS2)C1CCNC1. The number of anilines is 1.